The molecule has 21 heavy (non-hydrogen) atoms. The standard InChI is InChI=1S/C14H15F2N3OS/c1-14(2,3)21(20)18-7-11-8-19(9-17-11)13-5-4-10(15)6-12(13)16/h4-9H,1-3H3/b18-7+. The predicted molar refractivity (Wildman–Crippen MR) is 79.0 cm³/mol. The van der Waals surface area contributed by atoms with Crippen LogP contribution in [0.3, 0.4) is 0 Å². The van der Waals surface area contributed by atoms with Gasteiger partial charge in [-0.15, -0.1) is 0 Å². The zero-order valence-electron chi connectivity index (χ0n) is 11.9. The molecule has 0 radical (unpaired) electrons. The van der Waals surface area contributed by atoms with Crippen LogP contribution in [0.15, 0.2) is 35.1 Å². The lowest BCUT2D eigenvalue weighted by molar-refractivity contribution is 0.561. The number of imidazole rings is 1. The van der Waals surface area contributed by atoms with Crippen molar-refractivity contribution in [1.29, 1.82) is 0 Å². The summed E-state index contributed by atoms with van der Waals surface area (Å²) in [7, 11) is 0. The molecule has 1 aromatic carbocycles. The number of benzene rings is 1. The second-order valence-corrected chi connectivity index (χ2v) is 7.33. The molecule has 112 valence electrons. The summed E-state index contributed by atoms with van der Waals surface area (Å²) in [6, 6.07) is 3.29. The molecule has 1 unspecified atom stereocenters. The van der Waals surface area contributed by atoms with Crippen LogP contribution in [-0.2, 0) is 11.4 Å². The van der Waals surface area contributed by atoms with E-state index in [-0.39, 0.29) is 5.69 Å². The smallest absolute Gasteiger partial charge is 0.150 e. The summed E-state index contributed by atoms with van der Waals surface area (Å²) >= 11 is -1.38. The molecule has 2 rings (SSSR count). The lowest BCUT2D eigenvalue weighted by Gasteiger charge is -2.17. The summed E-state index contributed by atoms with van der Waals surface area (Å²) in [6.45, 7) is 5.44. The fourth-order valence-electron chi connectivity index (χ4n) is 1.49. The largest absolute Gasteiger partial charge is 0.591 e. The Kier molecular flexibility index (Phi) is 4.43. The van der Waals surface area contributed by atoms with Gasteiger partial charge in [0.05, 0.1) is 5.69 Å². The molecule has 1 atom stereocenters. The van der Waals surface area contributed by atoms with E-state index in [0.717, 1.165) is 6.07 Å². The SMILES string of the molecule is CC(C)(C)[S+]([O-])/N=C/c1cn(-c2ccc(F)cc2F)cn1. The van der Waals surface area contributed by atoms with E-state index in [4.69, 9.17) is 0 Å². The molecule has 7 heteroatoms. The van der Waals surface area contributed by atoms with Gasteiger partial charge in [0.15, 0.2) is 0 Å². The summed E-state index contributed by atoms with van der Waals surface area (Å²) in [5, 5.41) is 0. The molecule has 0 spiro atoms. The van der Waals surface area contributed by atoms with Gasteiger partial charge in [0.25, 0.3) is 0 Å². The van der Waals surface area contributed by atoms with Crippen LogP contribution in [0, 0.1) is 11.6 Å². The van der Waals surface area contributed by atoms with E-state index in [0.29, 0.717) is 5.69 Å². The quantitative estimate of drug-likeness (QED) is 0.646. The fraction of sp³-hybridized carbons (Fsp3) is 0.286. The third-order valence-corrected chi connectivity index (χ3v) is 3.94. The first-order valence-electron chi connectivity index (χ1n) is 6.23. The number of rotatable bonds is 3. The summed E-state index contributed by atoms with van der Waals surface area (Å²) in [5.74, 6) is -1.33. The van der Waals surface area contributed by atoms with Gasteiger partial charge in [-0.25, -0.2) is 13.8 Å². The topological polar surface area (TPSA) is 53.2 Å². The molecule has 2 aromatic rings. The second kappa shape index (κ2) is 5.95. The normalized spacial score (nSPS) is 13.8. The molecule has 4 nitrogen and oxygen atoms in total. The minimum absolute atomic E-state index is 0.181. The third-order valence-electron chi connectivity index (χ3n) is 2.60. The Morgan fingerprint density at radius 2 is 2.05 bits per heavy atom. The van der Waals surface area contributed by atoms with Crippen LogP contribution in [0.1, 0.15) is 26.5 Å². The molecule has 1 heterocycles. The first-order chi connectivity index (χ1) is 9.77. The molecule has 1 aromatic heterocycles. The van der Waals surface area contributed by atoms with Crippen LogP contribution >= 0.6 is 0 Å². The van der Waals surface area contributed by atoms with Crippen molar-refractivity contribution >= 4 is 17.6 Å². The van der Waals surface area contributed by atoms with Gasteiger partial charge in [-0.2, -0.15) is 0 Å². The molecule has 0 N–H and O–H groups in total. The summed E-state index contributed by atoms with van der Waals surface area (Å²) < 4.78 is 43.2. The number of nitrogens with zero attached hydrogens (tertiary/aromatic N) is 3. The zero-order valence-corrected chi connectivity index (χ0v) is 12.7. The molecule has 0 aliphatic heterocycles. The Balaban J connectivity index is 2.20. The number of hydrogen-bond acceptors (Lipinski definition) is 3. The first kappa shape index (κ1) is 15.7. The van der Waals surface area contributed by atoms with Crippen LogP contribution in [0.4, 0.5) is 8.78 Å². The Labute approximate surface area is 124 Å². The van der Waals surface area contributed by atoms with Crippen molar-refractivity contribution in [3.05, 3.63) is 48.1 Å². The Morgan fingerprint density at radius 3 is 2.67 bits per heavy atom. The molecule has 0 saturated carbocycles. The minimum Gasteiger partial charge on any atom is -0.591 e. The van der Waals surface area contributed by atoms with Crippen molar-refractivity contribution in [1.82, 2.24) is 9.55 Å². The Bertz CT molecular complexity index is 664. The third kappa shape index (κ3) is 3.89. The lowest BCUT2D eigenvalue weighted by atomic mass is 10.3. The maximum Gasteiger partial charge on any atom is 0.150 e. The van der Waals surface area contributed by atoms with E-state index in [1.54, 1.807) is 0 Å². The number of hydrogen-bond donors (Lipinski definition) is 0. The van der Waals surface area contributed by atoms with Crippen molar-refractivity contribution in [2.75, 3.05) is 0 Å². The molecule has 0 fully saturated rings. The van der Waals surface area contributed by atoms with E-state index < -0.39 is 27.7 Å². The highest BCUT2D eigenvalue weighted by Crippen LogP contribution is 2.17. The van der Waals surface area contributed by atoms with Crippen LogP contribution in [0.2, 0.25) is 0 Å². The predicted octanol–water partition coefficient (Wildman–Crippen LogP) is 3.03. The van der Waals surface area contributed by atoms with E-state index >= 15 is 0 Å². The van der Waals surface area contributed by atoms with Crippen molar-refractivity contribution < 1.29 is 13.3 Å². The molecular weight excluding hydrogens is 296 g/mol. The molecular formula is C14H15F2N3OS. The van der Waals surface area contributed by atoms with Gasteiger partial charge < -0.3 is 9.12 Å². The van der Waals surface area contributed by atoms with Crippen LogP contribution in [0.25, 0.3) is 5.69 Å². The van der Waals surface area contributed by atoms with Gasteiger partial charge in [0, 0.05) is 12.3 Å². The molecule has 0 aliphatic carbocycles. The fourth-order valence-corrected chi connectivity index (χ4v) is 2.01. The maximum atomic E-state index is 13.6. The lowest BCUT2D eigenvalue weighted by Crippen LogP contribution is -2.25. The summed E-state index contributed by atoms with van der Waals surface area (Å²) in [5.41, 5.74) is 0.622. The van der Waals surface area contributed by atoms with Gasteiger partial charge in [-0.05, 0) is 32.9 Å². The van der Waals surface area contributed by atoms with Crippen molar-refractivity contribution in [3.8, 4) is 5.69 Å². The maximum absolute atomic E-state index is 13.6. The first-order valence-corrected chi connectivity index (χ1v) is 7.33. The second-order valence-electron chi connectivity index (χ2n) is 5.40. The number of halogens is 2. The highest BCUT2D eigenvalue weighted by atomic mass is 32.2. The van der Waals surface area contributed by atoms with Crippen molar-refractivity contribution in [3.63, 3.8) is 0 Å². The molecule has 0 saturated heterocycles. The van der Waals surface area contributed by atoms with Gasteiger partial charge in [0.1, 0.15) is 46.0 Å². The van der Waals surface area contributed by atoms with E-state index in [2.05, 4.69) is 9.38 Å². The van der Waals surface area contributed by atoms with Gasteiger partial charge >= 0.3 is 0 Å². The Morgan fingerprint density at radius 1 is 1.33 bits per heavy atom. The average molecular weight is 311 g/mol. The summed E-state index contributed by atoms with van der Waals surface area (Å²) in [4.78, 5) is 4.03. The van der Waals surface area contributed by atoms with E-state index in [1.807, 2.05) is 20.8 Å². The van der Waals surface area contributed by atoms with Crippen molar-refractivity contribution in [2.45, 2.75) is 25.5 Å². The molecule has 0 aliphatic rings. The number of aromatic nitrogens is 2. The molecule has 0 bridgehead atoms. The zero-order chi connectivity index (χ0) is 15.6. The van der Waals surface area contributed by atoms with Gasteiger partial charge in [-0.3, -0.25) is 0 Å². The highest BCUT2D eigenvalue weighted by Gasteiger charge is 2.25. The molecule has 0 amide bonds. The van der Waals surface area contributed by atoms with Gasteiger partial charge in [-0.1, -0.05) is 4.40 Å². The van der Waals surface area contributed by atoms with Crippen LogP contribution in [0.5, 0.6) is 0 Å². The monoisotopic (exact) mass is 311 g/mol. The minimum atomic E-state index is -1.38. The highest BCUT2D eigenvalue weighted by molar-refractivity contribution is 7.91. The summed E-state index contributed by atoms with van der Waals surface area (Å²) in [6.07, 6.45) is 4.29. The average Bonchev–Trinajstić information content (AvgIpc) is 2.83. The van der Waals surface area contributed by atoms with Gasteiger partial charge in [0.2, 0.25) is 0 Å². The van der Waals surface area contributed by atoms with Crippen LogP contribution < -0.4 is 0 Å². The van der Waals surface area contributed by atoms with E-state index in [9.17, 15) is 13.3 Å². The van der Waals surface area contributed by atoms with Crippen LogP contribution in [-0.4, -0.2) is 25.1 Å². The van der Waals surface area contributed by atoms with Crippen molar-refractivity contribution in [2.24, 2.45) is 4.40 Å². The van der Waals surface area contributed by atoms with E-state index in [1.165, 1.54) is 35.4 Å². The Hall–Kier alpha value is -1.73.